The molecule has 0 saturated heterocycles. The van der Waals surface area contributed by atoms with Crippen molar-refractivity contribution >= 4 is 10.1 Å². The molecule has 1 aromatic rings. The van der Waals surface area contributed by atoms with E-state index in [9.17, 15) is 13.0 Å². The molecule has 0 aliphatic heterocycles. The second kappa shape index (κ2) is 4.52. The first-order chi connectivity index (χ1) is 6.54. The molecule has 0 aliphatic carbocycles. The van der Waals surface area contributed by atoms with Gasteiger partial charge in [0.15, 0.2) is 12.4 Å². The predicted molar refractivity (Wildman–Crippen MR) is 49.5 cm³/mol. The van der Waals surface area contributed by atoms with Crippen LogP contribution in [0.25, 0.3) is 0 Å². The van der Waals surface area contributed by atoms with Gasteiger partial charge in [0, 0.05) is 18.6 Å². The zero-order chi connectivity index (χ0) is 10.6. The van der Waals surface area contributed by atoms with E-state index in [0.29, 0.717) is 0 Å². The van der Waals surface area contributed by atoms with E-state index < -0.39 is 10.1 Å². The van der Waals surface area contributed by atoms with Gasteiger partial charge in [0.1, 0.15) is 16.7 Å². The Morgan fingerprint density at radius 2 is 1.93 bits per heavy atom. The molecule has 0 N–H and O–H groups in total. The fraction of sp³-hybridized carbons (Fsp3) is 0.444. The van der Waals surface area contributed by atoms with E-state index in [2.05, 4.69) is 6.92 Å². The molecule has 1 heterocycles. The van der Waals surface area contributed by atoms with Crippen LogP contribution in [-0.2, 0) is 16.7 Å². The number of aryl methyl sites for hydroxylation is 1. The number of hydrogen-bond acceptors (Lipinski definition) is 3. The molecule has 0 saturated carbocycles. The van der Waals surface area contributed by atoms with Crippen molar-refractivity contribution in [2.75, 3.05) is 0 Å². The van der Waals surface area contributed by atoms with Crippen molar-refractivity contribution in [2.24, 2.45) is 0 Å². The summed E-state index contributed by atoms with van der Waals surface area (Å²) < 4.78 is 33.6. The van der Waals surface area contributed by atoms with Crippen LogP contribution in [0.5, 0.6) is 0 Å². The number of hydrogen-bond donors (Lipinski definition) is 0. The lowest BCUT2D eigenvalue weighted by Gasteiger charge is -2.04. The molecule has 0 fully saturated rings. The summed E-state index contributed by atoms with van der Waals surface area (Å²) in [4.78, 5) is -0.176. The van der Waals surface area contributed by atoms with Gasteiger partial charge in [0.05, 0.1) is 4.90 Å². The standard InChI is InChI=1S/C9H13NO3S/c1-2-3-6-10-7-4-9(5-8-10)14(11,12)13/h4-5,7-8H,2-3,6H2,1H3. The monoisotopic (exact) mass is 215 g/mol. The largest absolute Gasteiger partial charge is 0.744 e. The molecule has 0 radical (unpaired) electrons. The number of pyridine rings is 1. The predicted octanol–water partition coefficient (Wildman–Crippen LogP) is 0.678. The van der Waals surface area contributed by atoms with E-state index in [1.807, 2.05) is 4.57 Å². The Labute approximate surface area is 83.9 Å². The van der Waals surface area contributed by atoms with Crippen molar-refractivity contribution < 1.29 is 17.5 Å². The van der Waals surface area contributed by atoms with Crippen molar-refractivity contribution in [3.63, 3.8) is 0 Å². The first-order valence-electron chi connectivity index (χ1n) is 4.49. The van der Waals surface area contributed by atoms with Crippen molar-refractivity contribution in [3.8, 4) is 0 Å². The maximum Gasteiger partial charge on any atom is 0.170 e. The number of rotatable bonds is 4. The van der Waals surface area contributed by atoms with Crippen molar-refractivity contribution in [3.05, 3.63) is 24.5 Å². The third-order valence-corrected chi connectivity index (χ3v) is 2.77. The third-order valence-electron chi connectivity index (χ3n) is 1.92. The van der Waals surface area contributed by atoms with E-state index >= 15 is 0 Å². The molecule has 0 spiro atoms. The Morgan fingerprint density at radius 3 is 2.36 bits per heavy atom. The number of aromatic nitrogens is 1. The van der Waals surface area contributed by atoms with E-state index in [-0.39, 0.29) is 4.90 Å². The number of nitrogens with zero attached hydrogens (tertiary/aromatic N) is 1. The topological polar surface area (TPSA) is 61.1 Å². The van der Waals surface area contributed by atoms with Crippen LogP contribution >= 0.6 is 0 Å². The molecule has 1 aromatic heterocycles. The molecule has 0 atom stereocenters. The third kappa shape index (κ3) is 3.08. The highest BCUT2D eigenvalue weighted by Gasteiger charge is 2.04. The Kier molecular flexibility index (Phi) is 3.60. The lowest BCUT2D eigenvalue weighted by Crippen LogP contribution is -2.32. The van der Waals surface area contributed by atoms with Gasteiger partial charge in [-0.15, -0.1) is 0 Å². The first-order valence-corrected chi connectivity index (χ1v) is 5.90. The van der Waals surface area contributed by atoms with Crippen LogP contribution in [-0.4, -0.2) is 13.0 Å². The molecule has 1 rings (SSSR count). The lowest BCUT2D eigenvalue weighted by atomic mass is 10.3. The quantitative estimate of drug-likeness (QED) is 0.548. The van der Waals surface area contributed by atoms with Gasteiger partial charge in [-0.2, -0.15) is 0 Å². The van der Waals surface area contributed by atoms with Crippen molar-refractivity contribution in [2.45, 2.75) is 31.2 Å². The van der Waals surface area contributed by atoms with Crippen LogP contribution in [0.3, 0.4) is 0 Å². The van der Waals surface area contributed by atoms with E-state index in [1.54, 1.807) is 12.4 Å². The summed E-state index contributed by atoms with van der Waals surface area (Å²) >= 11 is 0. The molecule has 14 heavy (non-hydrogen) atoms. The van der Waals surface area contributed by atoms with Crippen molar-refractivity contribution in [1.82, 2.24) is 0 Å². The van der Waals surface area contributed by atoms with E-state index in [0.717, 1.165) is 19.4 Å². The summed E-state index contributed by atoms with van der Waals surface area (Å²) in [6.07, 6.45) is 5.34. The average molecular weight is 215 g/mol. The highest BCUT2D eigenvalue weighted by molar-refractivity contribution is 7.85. The molecule has 0 unspecified atom stereocenters. The Morgan fingerprint density at radius 1 is 1.36 bits per heavy atom. The first kappa shape index (κ1) is 11.1. The Bertz CT molecular complexity index is 383. The second-order valence-electron chi connectivity index (χ2n) is 3.08. The summed E-state index contributed by atoms with van der Waals surface area (Å²) in [6.45, 7) is 2.92. The molecule has 0 aromatic carbocycles. The smallest absolute Gasteiger partial charge is 0.170 e. The van der Waals surface area contributed by atoms with Crippen molar-refractivity contribution in [1.29, 1.82) is 0 Å². The zero-order valence-electron chi connectivity index (χ0n) is 8.01. The second-order valence-corrected chi connectivity index (χ2v) is 4.46. The van der Waals surface area contributed by atoms with Gasteiger partial charge in [-0.1, -0.05) is 13.3 Å². The Balaban J connectivity index is 2.79. The van der Waals surface area contributed by atoms with Crippen LogP contribution in [0, 0.1) is 0 Å². The summed E-state index contributed by atoms with van der Waals surface area (Å²) in [6, 6.07) is 2.66. The highest BCUT2D eigenvalue weighted by atomic mass is 32.2. The minimum Gasteiger partial charge on any atom is -0.744 e. The van der Waals surface area contributed by atoms with Gasteiger partial charge in [-0.05, 0) is 0 Å². The summed E-state index contributed by atoms with van der Waals surface area (Å²) in [5.74, 6) is 0. The summed E-state index contributed by atoms with van der Waals surface area (Å²) in [5, 5.41) is 0. The normalized spacial score (nSPS) is 11.6. The average Bonchev–Trinajstić information content (AvgIpc) is 2.14. The molecule has 0 bridgehead atoms. The summed E-state index contributed by atoms with van der Waals surface area (Å²) in [7, 11) is -4.30. The summed E-state index contributed by atoms with van der Waals surface area (Å²) in [5.41, 5.74) is 0. The van der Waals surface area contributed by atoms with Crippen LogP contribution in [0.15, 0.2) is 29.4 Å². The van der Waals surface area contributed by atoms with Gasteiger partial charge in [-0.25, -0.2) is 13.0 Å². The molecule has 0 amide bonds. The van der Waals surface area contributed by atoms with E-state index in [4.69, 9.17) is 0 Å². The molecular weight excluding hydrogens is 202 g/mol. The van der Waals surface area contributed by atoms with Gasteiger partial charge in [0.2, 0.25) is 0 Å². The molecular formula is C9H13NO3S. The zero-order valence-corrected chi connectivity index (χ0v) is 8.83. The molecule has 5 heteroatoms. The van der Waals surface area contributed by atoms with Crippen LogP contribution in [0.2, 0.25) is 0 Å². The van der Waals surface area contributed by atoms with Gasteiger partial charge >= 0.3 is 0 Å². The van der Waals surface area contributed by atoms with E-state index in [1.165, 1.54) is 12.1 Å². The van der Waals surface area contributed by atoms with Gasteiger partial charge in [-0.3, -0.25) is 0 Å². The lowest BCUT2D eigenvalue weighted by molar-refractivity contribution is -0.697. The Hall–Kier alpha value is -0.940. The minimum atomic E-state index is -4.30. The number of unbranched alkanes of at least 4 members (excludes halogenated alkanes) is 1. The maximum atomic E-state index is 10.6. The fourth-order valence-corrected chi connectivity index (χ4v) is 1.56. The van der Waals surface area contributed by atoms with Crippen LogP contribution < -0.4 is 4.57 Å². The molecule has 4 nitrogen and oxygen atoms in total. The highest BCUT2D eigenvalue weighted by Crippen LogP contribution is 2.03. The molecule has 78 valence electrons. The van der Waals surface area contributed by atoms with Gasteiger partial charge in [0.25, 0.3) is 0 Å². The molecule has 0 aliphatic rings. The SMILES string of the molecule is CCCC[n+]1ccc(S(=O)(=O)[O-])cc1. The van der Waals surface area contributed by atoms with Gasteiger partial charge < -0.3 is 4.55 Å². The maximum absolute atomic E-state index is 10.6. The van der Waals surface area contributed by atoms with Crippen LogP contribution in [0.1, 0.15) is 19.8 Å². The van der Waals surface area contributed by atoms with Crippen LogP contribution in [0.4, 0.5) is 0 Å². The fourth-order valence-electron chi connectivity index (χ4n) is 1.10. The minimum absolute atomic E-state index is 0.176.